The van der Waals surface area contributed by atoms with Crippen molar-refractivity contribution in [2.75, 3.05) is 0 Å². The van der Waals surface area contributed by atoms with Crippen LogP contribution in [0.3, 0.4) is 0 Å². The molecule has 0 aromatic heterocycles. The zero-order valence-electron chi connectivity index (χ0n) is 34.1. The fraction of sp³-hybridized carbons (Fsp3) is 0.0339. The molecule has 0 atom stereocenters. The summed E-state index contributed by atoms with van der Waals surface area (Å²) in [4.78, 5) is 43.4. The molecule has 0 fully saturated rings. The Morgan fingerprint density at radius 3 is 0.952 bits per heavy atom. The van der Waals surface area contributed by atoms with Gasteiger partial charge in [-0.05, 0) is 139 Å². The number of carbonyl (C=O) groups excluding carboxylic acids is 3. The molecule has 10 rings (SSSR count). The maximum absolute atomic E-state index is 14.5. The van der Waals surface area contributed by atoms with Gasteiger partial charge in [0.15, 0.2) is 17.3 Å². The van der Waals surface area contributed by atoms with Crippen molar-refractivity contribution >= 4 is 66.0 Å². The highest BCUT2D eigenvalue weighted by Crippen LogP contribution is 2.31. The van der Waals surface area contributed by atoms with E-state index in [1.165, 1.54) is 0 Å². The molecule has 3 heteroatoms. The summed E-state index contributed by atoms with van der Waals surface area (Å²) in [6.07, 6.45) is 2.47. The highest BCUT2D eigenvalue weighted by atomic mass is 16.1. The number of benzene rings is 10. The van der Waals surface area contributed by atoms with Gasteiger partial charge in [0.05, 0.1) is 0 Å². The predicted molar refractivity (Wildman–Crippen MR) is 255 cm³/mol. The molecule has 10 aromatic carbocycles. The molecule has 3 nitrogen and oxygen atoms in total. The van der Waals surface area contributed by atoms with Crippen LogP contribution >= 0.6 is 0 Å². The number of carbonyl (C=O) groups is 3. The topological polar surface area (TPSA) is 51.2 Å². The maximum atomic E-state index is 14.5. The van der Waals surface area contributed by atoms with E-state index in [1.54, 1.807) is 6.07 Å². The van der Waals surface area contributed by atoms with Crippen molar-refractivity contribution in [2.45, 2.75) is 13.3 Å². The molecule has 294 valence electrons. The van der Waals surface area contributed by atoms with Gasteiger partial charge in [-0.25, -0.2) is 0 Å². The molecular weight excluding hydrogens is 757 g/mol. The van der Waals surface area contributed by atoms with E-state index in [4.69, 9.17) is 0 Å². The van der Waals surface area contributed by atoms with Crippen LogP contribution in [0.15, 0.2) is 212 Å². The standard InChI is InChI=1S/C59H40O3/c1-2-56(48-23-19-40-11-3-7-15-44(40)32-48)52-28-38(29-53(36-52)57(60)49-24-20-41-12-4-8-16-45(41)33-49)27-39-30-54(58(61)50-25-21-42-13-5-9-17-46(42)34-50)37-55(31-39)59(62)51-26-22-43-14-6-10-18-47(43)35-51/h2-26,28-37H,27H2,1H3. The Kier molecular flexibility index (Phi) is 9.99. The van der Waals surface area contributed by atoms with Gasteiger partial charge in [0.2, 0.25) is 0 Å². The summed E-state index contributed by atoms with van der Waals surface area (Å²) >= 11 is 0. The molecule has 0 aliphatic rings. The number of hydrogen-bond donors (Lipinski definition) is 0. The van der Waals surface area contributed by atoms with Gasteiger partial charge in [0.25, 0.3) is 0 Å². The minimum Gasteiger partial charge on any atom is -0.289 e. The van der Waals surface area contributed by atoms with Crippen LogP contribution in [0.25, 0.3) is 48.7 Å². The second-order valence-corrected chi connectivity index (χ2v) is 16.0. The molecule has 0 aliphatic heterocycles. The van der Waals surface area contributed by atoms with Crippen molar-refractivity contribution in [3.8, 4) is 0 Å². The van der Waals surface area contributed by atoms with Gasteiger partial charge in [0.1, 0.15) is 0 Å². The Bertz CT molecular complexity index is 3350. The van der Waals surface area contributed by atoms with Crippen LogP contribution in [-0.4, -0.2) is 17.3 Å². The number of allylic oxidation sites excluding steroid dienone is 1. The molecule has 0 aliphatic carbocycles. The molecule has 10 aromatic rings. The van der Waals surface area contributed by atoms with Crippen LogP contribution in [0.5, 0.6) is 0 Å². The zero-order chi connectivity index (χ0) is 42.2. The van der Waals surface area contributed by atoms with E-state index in [0.29, 0.717) is 39.8 Å². The van der Waals surface area contributed by atoms with E-state index in [2.05, 4.69) is 42.5 Å². The Morgan fingerprint density at radius 2 is 0.597 bits per heavy atom. The minimum atomic E-state index is -0.168. The molecule has 0 saturated heterocycles. The second kappa shape index (κ2) is 16.2. The molecule has 62 heavy (non-hydrogen) atoms. The van der Waals surface area contributed by atoms with Crippen LogP contribution in [-0.2, 0) is 6.42 Å². The average molecular weight is 797 g/mol. The Labute approximate surface area is 360 Å². The lowest BCUT2D eigenvalue weighted by molar-refractivity contribution is 0.102. The summed E-state index contributed by atoms with van der Waals surface area (Å²) in [7, 11) is 0. The van der Waals surface area contributed by atoms with Crippen molar-refractivity contribution in [3.05, 3.63) is 268 Å². The van der Waals surface area contributed by atoms with Gasteiger partial charge in [-0.1, -0.05) is 158 Å². The fourth-order valence-corrected chi connectivity index (χ4v) is 8.72. The van der Waals surface area contributed by atoms with Gasteiger partial charge < -0.3 is 0 Å². The molecule has 0 unspecified atom stereocenters. The average Bonchev–Trinajstić information content (AvgIpc) is 3.32. The van der Waals surface area contributed by atoms with E-state index < -0.39 is 0 Å². The number of fused-ring (bicyclic) bond motifs is 4. The predicted octanol–water partition coefficient (Wildman–Crippen LogP) is 14.0. The molecule has 0 bridgehead atoms. The van der Waals surface area contributed by atoms with Crippen LogP contribution in [0.2, 0.25) is 0 Å². The van der Waals surface area contributed by atoms with Crippen LogP contribution in [0, 0.1) is 0 Å². The summed E-state index contributed by atoms with van der Waals surface area (Å²) in [6.45, 7) is 2.02. The second-order valence-electron chi connectivity index (χ2n) is 16.0. The molecule has 0 N–H and O–H groups in total. The Hall–Kier alpha value is -8.01. The first-order valence-electron chi connectivity index (χ1n) is 20.9. The SMILES string of the molecule is CC=C(c1cc(Cc2cc(C(=O)c3ccc4ccccc4c3)cc(C(=O)c3ccc4ccccc4c3)c2)cc(C(=O)c2ccc3ccccc3c2)c1)c1ccc2ccccc2c1. The molecule has 0 radical (unpaired) electrons. The third kappa shape index (κ3) is 7.53. The quantitative estimate of drug-likeness (QED) is 0.130. The van der Waals surface area contributed by atoms with E-state index in [-0.39, 0.29) is 17.3 Å². The lowest BCUT2D eigenvalue weighted by atomic mass is 9.88. The maximum Gasteiger partial charge on any atom is 0.193 e. The highest BCUT2D eigenvalue weighted by molar-refractivity contribution is 6.15. The first kappa shape index (κ1) is 38.2. The van der Waals surface area contributed by atoms with Crippen molar-refractivity contribution in [3.63, 3.8) is 0 Å². The lowest BCUT2D eigenvalue weighted by Crippen LogP contribution is -2.09. The van der Waals surface area contributed by atoms with Gasteiger partial charge in [-0.3, -0.25) is 14.4 Å². The zero-order valence-corrected chi connectivity index (χ0v) is 34.1. The number of ketones is 3. The van der Waals surface area contributed by atoms with Crippen molar-refractivity contribution in [1.29, 1.82) is 0 Å². The molecular formula is C59H40O3. The fourth-order valence-electron chi connectivity index (χ4n) is 8.72. The van der Waals surface area contributed by atoms with Gasteiger partial charge in [-0.15, -0.1) is 0 Å². The highest BCUT2D eigenvalue weighted by Gasteiger charge is 2.20. The molecule has 0 heterocycles. The van der Waals surface area contributed by atoms with Gasteiger partial charge in [0, 0.05) is 33.4 Å². The third-order valence-electron chi connectivity index (χ3n) is 11.9. The normalized spacial score (nSPS) is 11.7. The number of hydrogen-bond acceptors (Lipinski definition) is 3. The molecule has 0 amide bonds. The Balaban J connectivity index is 1.10. The lowest BCUT2D eigenvalue weighted by Gasteiger charge is -2.15. The van der Waals surface area contributed by atoms with Crippen LogP contribution in [0.1, 0.15) is 76.9 Å². The van der Waals surface area contributed by atoms with Crippen LogP contribution < -0.4 is 0 Å². The smallest absolute Gasteiger partial charge is 0.193 e. The van der Waals surface area contributed by atoms with Crippen molar-refractivity contribution < 1.29 is 14.4 Å². The largest absolute Gasteiger partial charge is 0.289 e. The third-order valence-corrected chi connectivity index (χ3v) is 11.9. The minimum absolute atomic E-state index is 0.0831. The summed E-state index contributed by atoms with van der Waals surface area (Å²) in [6, 6.07) is 67.6. The van der Waals surface area contributed by atoms with Gasteiger partial charge >= 0.3 is 0 Å². The summed E-state index contributed by atoms with van der Waals surface area (Å²) < 4.78 is 0. The first-order chi connectivity index (χ1) is 30.4. The van der Waals surface area contributed by atoms with E-state index in [9.17, 15) is 14.4 Å². The van der Waals surface area contributed by atoms with E-state index in [1.807, 2.05) is 171 Å². The van der Waals surface area contributed by atoms with Crippen molar-refractivity contribution in [2.24, 2.45) is 0 Å². The molecule has 0 saturated carbocycles. The first-order valence-corrected chi connectivity index (χ1v) is 20.9. The summed E-state index contributed by atoms with van der Waals surface area (Å²) in [5, 5.41) is 8.37. The van der Waals surface area contributed by atoms with Crippen LogP contribution in [0.4, 0.5) is 0 Å². The monoisotopic (exact) mass is 796 g/mol. The van der Waals surface area contributed by atoms with Gasteiger partial charge in [-0.2, -0.15) is 0 Å². The van der Waals surface area contributed by atoms with E-state index in [0.717, 1.165) is 70.9 Å². The Morgan fingerprint density at radius 1 is 0.306 bits per heavy atom. The number of rotatable bonds is 10. The summed E-state index contributed by atoms with van der Waals surface area (Å²) in [5.74, 6) is -0.419. The van der Waals surface area contributed by atoms with E-state index >= 15 is 0 Å². The summed E-state index contributed by atoms with van der Waals surface area (Å²) in [5.41, 5.74) is 7.71. The molecule has 0 spiro atoms. The van der Waals surface area contributed by atoms with Crippen molar-refractivity contribution in [1.82, 2.24) is 0 Å².